The number of hydrogen-bond donors (Lipinski definition) is 0. The number of nitro groups is 1. The standard InChI is InChI=1S/C13H15ClN2O3/c1-8(9-6-7-9)15(2)13(17)10-4-3-5-11(14)12(10)16(18)19/h3-5,8-9H,6-7H2,1-2H3. The zero-order valence-electron chi connectivity index (χ0n) is 10.8. The molecule has 0 spiro atoms. The maximum Gasteiger partial charge on any atom is 0.300 e. The molecule has 1 atom stereocenters. The van der Waals surface area contributed by atoms with Gasteiger partial charge in [-0.15, -0.1) is 0 Å². The van der Waals surface area contributed by atoms with Gasteiger partial charge in [0, 0.05) is 13.1 Å². The van der Waals surface area contributed by atoms with Crippen LogP contribution in [0.4, 0.5) is 5.69 Å². The van der Waals surface area contributed by atoms with Crippen LogP contribution in [0.5, 0.6) is 0 Å². The SMILES string of the molecule is CC(C1CC1)N(C)C(=O)c1cccc(Cl)c1[N+](=O)[O-]. The normalized spacial score (nSPS) is 15.9. The molecule has 19 heavy (non-hydrogen) atoms. The molecule has 0 N–H and O–H groups in total. The average molecular weight is 283 g/mol. The number of carbonyl (C=O) groups is 1. The van der Waals surface area contributed by atoms with E-state index in [2.05, 4.69) is 0 Å². The second-order valence-electron chi connectivity index (χ2n) is 4.89. The van der Waals surface area contributed by atoms with Crippen molar-refractivity contribution in [1.82, 2.24) is 4.90 Å². The van der Waals surface area contributed by atoms with E-state index in [4.69, 9.17) is 11.6 Å². The molecule has 1 amide bonds. The van der Waals surface area contributed by atoms with E-state index in [1.807, 2.05) is 6.92 Å². The molecule has 2 rings (SSSR count). The fourth-order valence-corrected chi connectivity index (χ4v) is 2.39. The van der Waals surface area contributed by atoms with Gasteiger partial charge in [-0.2, -0.15) is 0 Å². The van der Waals surface area contributed by atoms with Crippen molar-refractivity contribution in [3.8, 4) is 0 Å². The predicted octanol–water partition coefficient (Wildman–Crippen LogP) is 3.12. The minimum Gasteiger partial charge on any atom is -0.339 e. The molecule has 6 heteroatoms. The lowest BCUT2D eigenvalue weighted by atomic mass is 10.1. The molecule has 1 aliphatic carbocycles. The van der Waals surface area contributed by atoms with Crippen LogP contribution in [0, 0.1) is 16.0 Å². The molecule has 102 valence electrons. The third-order valence-electron chi connectivity index (χ3n) is 3.64. The molecule has 5 nitrogen and oxygen atoms in total. The Morgan fingerprint density at radius 3 is 2.68 bits per heavy atom. The summed E-state index contributed by atoms with van der Waals surface area (Å²) in [5, 5.41) is 11.0. The molecule has 0 aromatic heterocycles. The number of nitrogens with zero attached hydrogens (tertiary/aromatic N) is 2. The third kappa shape index (κ3) is 2.71. The van der Waals surface area contributed by atoms with Gasteiger partial charge in [0.1, 0.15) is 10.6 Å². The second-order valence-corrected chi connectivity index (χ2v) is 5.29. The lowest BCUT2D eigenvalue weighted by Gasteiger charge is -2.24. The number of para-hydroxylation sites is 1. The first-order valence-electron chi connectivity index (χ1n) is 6.13. The number of benzene rings is 1. The minimum absolute atomic E-state index is 0.0108. The van der Waals surface area contributed by atoms with Gasteiger partial charge in [-0.1, -0.05) is 17.7 Å². The zero-order chi connectivity index (χ0) is 14.2. The van der Waals surface area contributed by atoms with Crippen LogP contribution in [0.25, 0.3) is 0 Å². The van der Waals surface area contributed by atoms with Crippen molar-refractivity contribution >= 4 is 23.2 Å². The van der Waals surface area contributed by atoms with Crippen LogP contribution < -0.4 is 0 Å². The van der Waals surface area contributed by atoms with Crippen LogP contribution in [0.1, 0.15) is 30.1 Å². The maximum atomic E-state index is 12.4. The fourth-order valence-electron chi connectivity index (χ4n) is 2.14. The number of nitro benzene ring substituents is 1. The average Bonchev–Trinajstić information content (AvgIpc) is 3.19. The highest BCUT2D eigenvalue weighted by atomic mass is 35.5. The zero-order valence-corrected chi connectivity index (χ0v) is 11.6. The Morgan fingerprint density at radius 2 is 2.16 bits per heavy atom. The van der Waals surface area contributed by atoms with Gasteiger partial charge in [0.2, 0.25) is 0 Å². The first-order valence-corrected chi connectivity index (χ1v) is 6.51. The van der Waals surface area contributed by atoms with Crippen molar-refractivity contribution in [2.24, 2.45) is 5.92 Å². The quantitative estimate of drug-likeness (QED) is 0.629. The lowest BCUT2D eigenvalue weighted by Crippen LogP contribution is -2.36. The predicted molar refractivity (Wildman–Crippen MR) is 72.4 cm³/mol. The van der Waals surface area contributed by atoms with Crippen LogP contribution in [-0.2, 0) is 0 Å². The molecule has 1 aromatic carbocycles. The van der Waals surface area contributed by atoms with E-state index in [0.717, 1.165) is 12.8 Å². The van der Waals surface area contributed by atoms with Crippen molar-refractivity contribution in [3.05, 3.63) is 38.9 Å². The molecule has 1 unspecified atom stereocenters. The molecular weight excluding hydrogens is 268 g/mol. The Labute approximate surface area is 116 Å². The highest BCUT2D eigenvalue weighted by Crippen LogP contribution is 2.36. The van der Waals surface area contributed by atoms with E-state index >= 15 is 0 Å². The molecule has 0 saturated heterocycles. The highest BCUT2D eigenvalue weighted by Gasteiger charge is 2.34. The van der Waals surface area contributed by atoms with E-state index in [0.29, 0.717) is 5.92 Å². The summed E-state index contributed by atoms with van der Waals surface area (Å²) in [5.41, 5.74) is -0.267. The molecule has 0 heterocycles. The van der Waals surface area contributed by atoms with E-state index in [9.17, 15) is 14.9 Å². The van der Waals surface area contributed by atoms with Crippen LogP contribution in [0.3, 0.4) is 0 Å². The summed E-state index contributed by atoms with van der Waals surface area (Å²) in [6, 6.07) is 4.51. The largest absolute Gasteiger partial charge is 0.339 e. The van der Waals surface area contributed by atoms with E-state index in [1.54, 1.807) is 18.0 Å². The van der Waals surface area contributed by atoms with E-state index in [-0.39, 0.29) is 28.2 Å². The molecule has 1 aromatic rings. The summed E-state index contributed by atoms with van der Waals surface area (Å²) in [4.78, 5) is 24.4. The van der Waals surface area contributed by atoms with Crippen LogP contribution in [-0.4, -0.2) is 28.8 Å². The molecule has 0 aliphatic heterocycles. The van der Waals surface area contributed by atoms with Gasteiger partial charge >= 0.3 is 5.69 Å². The Balaban J connectivity index is 2.32. The summed E-state index contributed by atoms with van der Waals surface area (Å²) in [5.74, 6) is 0.154. The fraction of sp³-hybridized carbons (Fsp3) is 0.462. The van der Waals surface area contributed by atoms with Gasteiger partial charge in [0.25, 0.3) is 5.91 Å². The molecule has 1 fully saturated rings. The monoisotopic (exact) mass is 282 g/mol. The van der Waals surface area contributed by atoms with E-state index < -0.39 is 4.92 Å². The number of hydrogen-bond acceptors (Lipinski definition) is 3. The third-order valence-corrected chi connectivity index (χ3v) is 3.94. The van der Waals surface area contributed by atoms with Gasteiger partial charge < -0.3 is 4.90 Å². The Kier molecular flexibility index (Phi) is 3.75. The molecule has 1 aliphatic rings. The lowest BCUT2D eigenvalue weighted by molar-refractivity contribution is -0.385. The van der Waals surface area contributed by atoms with Crippen molar-refractivity contribution in [1.29, 1.82) is 0 Å². The first kappa shape index (κ1) is 13.8. The summed E-state index contributed by atoms with van der Waals surface area (Å²) < 4.78 is 0. The highest BCUT2D eigenvalue weighted by molar-refractivity contribution is 6.33. The second kappa shape index (κ2) is 5.17. The number of halogens is 1. The van der Waals surface area contributed by atoms with Gasteiger partial charge in [-0.05, 0) is 37.8 Å². The molecular formula is C13H15ClN2O3. The van der Waals surface area contributed by atoms with Gasteiger partial charge in [0.15, 0.2) is 0 Å². The van der Waals surface area contributed by atoms with Crippen LogP contribution in [0.15, 0.2) is 18.2 Å². The maximum absolute atomic E-state index is 12.4. The van der Waals surface area contributed by atoms with Crippen molar-refractivity contribution in [3.63, 3.8) is 0 Å². The van der Waals surface area contributed by atoms with E-state index in [1.165, 1.54) is 12.1 Å². The van der Waals surface area contributed by atoms with Gasteiger partial charge in [-0.25, -0.2) is 0 Å². The Morgan fingerprint density at radius 1 is 1.53 bits per heavy atom. The first-order chi connectivity index (χ1) is 8.93. The van der Waals surface area contributed by atoms with Crippen molar-refractivity contribution < 1.29 is 9.72 Å². The summed E-state index contributed by atoms with van der Waals surface area (Å²) in [6.07, 6.45) is 2.22. The minimum atomic E-state index is -0.606. The van der Waals surface area contributed by atoms with Crippen molar-refractivity contribution in [2.45, 2.75) is 25.8 Å². The van der Waals surface area contributed by atoms with Crippen molar-refractivity contribution in [2.75, 3.05) is 7.05 Å². The smallest absolute Gasteiger partial charge is 0.300 e. The summed E-state index contributed by atoms with van der Waals surface area (Å²) in [7, 11) is 1.68. The molecule has 0 radical (unpaired) electrons. The molecule has 0 bridgehead atoms. The molecule has 1 saturated carbocycles. The Hall–Kier alpha value is -1.62. The summed E-state index contributed by atoms with van der Waals surface area (Å²) >= 11 is 5.82. The summed E-state index contributed by atoms with van der Waals surface area (Å²) in [6.45, 7) is 1.96. The van der Waals surface area contributed by atoms with Gasteiger partial charge in [0.05, 0.1) is 4.92 Å². The number of rotatable bonds is 4. The number of carbonyl (C=O) groups excluding carboxylic acids is 1. The topological polar surface area (TPSA) is 63.5 Å². The Bertz CT molecular complexity index is 529. The van der Waals surface area contributed by atoms with Crippen LogP contribution in [0.2, 0.25) is 5.02 Å². The van der Waals surface area contributed by atoms with Gasteiger partial charge in [-0.3, -0.25) is 14.9 Å². The van der Waals surface area contributed by atoms with Crippen LogP contribution >= 0.6 is 11.6 Å². The number of amides is 1.